The van der Waals surface area contributed by atoms with Gasteiger partial charge in [-0.15, -0.1) is 0 Å². The van der Waals surface area contributed by atoms with E-state index in [4.69, 9.17) is 9.15 Å². The zero-order valence-electron chi connectivity index (χ0n) is 12.1. The van der Waals surface area contributed by atoms with E-state index in [1.54, 1.807) is 0 Å². The summed E-state index contributed by atoms with van der Waals surface area (Å²) in [6, 6.07) is 7.75. The largest absolute Gasteiger partial charge is 0.451 e. The lowest BCUT2D eigenvalue weighted by atomic mass is 10.2. The molecule has 2 atom stereocenters. The third-order valence-corrected chi connectivity index (χ3v) is 4.39. The van der Waals surface area contributed by atoms with Crippen molar-refractivity contribution >= 4 is 32.8 Å². The zero-order valence-corrected chi connectivity index (χ0v) is 13.7. The average molecular weight is 352 g/mol. The van der Waals surface area contributed by atoms with Crippen molar-refractivity contribution in [3.8, 4) is 0 Å². The lowest BCUT2D eigenvalue weighted by Crippen LogP contribution is -2.49. The van der Waals surface area contributed by atoms with Gasteiger partial charge in [-0.05, 0) is 32.0 Å². The van der Waals surface area contributed by atoms with E-state index < -0.39 is 0 Å². The van der Waals surface area contributed by atoms with E-state index in [1.165, 1.54) is 0 Å². The van der Waals surface area contributed by atoms with Gasteiger partial charge in [0.25, 0.3) is 5.91 Å². The van der Waals surface area contributed by atoms with Crippen molar-refractivity contribution in [1.82, 2.24) is 4.90 Å². The Morgan fingerprint density at radius 1 is 1.38 bits per heavy atom. The fraction of sp³-hybridized carbons (Fsp3) is 0.438. The molecular weight excluding hydrogens is 334 g/mol. The molecule has 0 radical (unpaired) electrons. The summed E-state index contributed by atoms with van der Waals surface area (Å²) < 4.78 is 11.5. The van der Waals surface area contributed by atoms with Crippen LogP contribution in [0.3, 0.4) is 0 Å². The minimum Gasteiger partial charge on any atom is -0.451 e. The summed E-state index contributed by atoms with van der Waals surface area (Å²) in [7, 11) is 0. The minimum atomic E-state index is -0.0649. The number of carbonyl (C=O) groups excluding carboxylic acids is 1. The molecule has 1 saturated heterocycles. The molecule has 1 aliphatic rings. The standard InChI is InChI=1S/C16H18BrNO3/c1-10-3-4-14-12(5-10)6-15(21-14)16(19)18-8-11(2)20-13(7-17)9-18/h3-6,11,13H,7-9H2,1-2H3. The van der Waals surface area contributed by atoms with Gasteiger partial charge in [-0.1, -0.05) is 27.6 Å². The predicted molar refractivity (Wildman–Crippen MR) is 85.0 cm³/mol. The molecule has 0 N–H and O–H groups in total. The van der Waals surface area contributed by atoms with Gasteiger partial charge in [0, 0.05) is 23.8 Å². The van der Waals surface area contributed by atoms with Crippen molar-refractivity contribution in [2.75, 3.05) is 18.4 Å². The molecule has 5 heteroatoms. The fourth-order valence-electron chi connectivity index (χ4n) is 2.72. The van der Waals surface area contributed by atoms with Gasteiger partial charge in [-0.2, -0.15) is 0 Å². The van der Waals surface area contributed by atoms with Gasteiger partial charge in [0.15, 0.2) is 5.76 Å². The molecule has 2 aromatic rings. The number of morpholine rings is 1. The van der Waals surface area contributed by atoms with Gasteiger partial charge in [-0.3, -0.25) is 4.79 Å². The topological polar surface area (TPSA) is 42.7 Å². The van der Waals surface area contributed by atoms with Gasteiger partial charge in [0.05, 0.1) is 12.2 Å². The second-order valence-corrected chi connectivity index (χ2v) is 6.23. The SMILES string of the molecule is Cc1ccc2oc(C(=O)N3CC(C)OC(CBr)C3)cc2c1. The summed E-state index contributed by atoms with van der Waals surface area (Å²) in [5.74, 6) is 0.336. The highest BCUT2D eigenvalue weighted by Gasteiger charge is 2.29. The number of ether oxygens (including phenoxy) is 1. The fourth-order valence-corrected chi connectivity index (χ4v) is 3.08. The van der Waals surface area contributed by atoms with Crippen molar-refractivity contribution in [3.05, 3.63) is 35.6 Å². The quantitative estimate of drug-likeness (QED) is 0.779. The Labute approximate surface area is 132 Å². The molecule has 0 bridgehead atoms. The summed E-state index contributed by atoms with van der Waals surface area (Å²) in [5.41, 5.74) is 1.91. The van der Waals surface area contributed by atoms with Crippen LogP contribution in [0.4, 0.5) is 0 Å². The number of fused-ring (bicyclic) bond motifs is 1. The van der Waals surface area contributed by atoms with Crippen LogP contribution < -0.4 is 0 Å². The zero-order chi connectivity index (χ0) is 15.0. The lowest BCUT2D eigenvalue weighted by Gasteiger charge is -2.35. The molecule has 3 rings (SSSR count). The van der Waals surface area contributed by atoms with E-state index in [0.717, 1.165) is 21.9 Å². The number of alkyl halides is 1. The first kappa shape index (κ1) is 14.6. The second-order valence-electron chi connectivity index (χ2n) is 5.59. The van der Waals surface area contributed by atoms with Gasteiger partial charge in [0.1, 0.15) is 5.58 Å². The molecule has 0 spiro atoms. The molecule has 2 heterocycles. The van der Waals surface area contributed by atoms with E-state index in [-0.39, 0.29) is 18.1 Å². The molecule has 112 valence electrons. The summed E-state index contributed by atoms with van der Waals surface area (Å²) in [4.78, 5) is 14.4. The van der Waals surface area contributed by atoms with Crippen LogP contribution in [-0.2, 0) is 4.74 Å². The third-order valence-electron chi connectivity index (χ3n) is 3.67. The number of hydrogen-bond acceptors (Lipinski definition) is 3. The number of carbonyl (C=O) groups is 1. The minimum absolute atomic E-state index is 0.0318. The van der Waals surface area contributed by atoms with Crippen LogP contribution in [0.15, 0.2) is 28.7 Å². The van der Waals surface area contributed by atoms with Gasteiger partial charge in [-0.25, -0.2) is 0 Å². The summed E-state index contributed by atoms with van der Waals surface area (Å²) in [5, 5.41) is 1.69. The van der Waals surface area contributed by atoms with Crippen LogP contribution in [0.1, 0.15) is 23.0 Å². The Bertz CT molecular complexity index is 667. The van der Waals surface area contributed by atoms with Crippen LogP contribution >= 0.6 is 15.9 Å². The van der Waals surface area contributed by atoms with Crippen LogP contribution in [0.5, 0.6) is 0 Å². The number of amides is 1. The number of furan rings is 1. The normalized spacial score (nSPS) is 22.7. The highest BCUT2D eigenvalue weighted by molar-refractivity contribution is 9.09. The van der Waals surface area contributed by atoms with Crippen LogP contribution in [0.25, 0.3) is 11.0 Å². The number of rotatable bonds is 2. The summed E-state index contributed by atoms with van der Waals surface area (Å²) in [6.07, 6.45) is 0.0706. The average Bonchev–Trinajstić information content (AvgIpc) is 2.88. The Balaban J connectivity index is 1.85. The van der Waals surface area contributed by atoms with Crippen molar-refractivity contribution < 1.29 is 13.9 Å². The third kappa shape index (κ3) is 2.99. The van der Waals surface area contributed by atoms with Gasteiger partial charge in [0.2, 0.25) is 0 Å². The Morgan fingerprint density at radius 2 is 2.19 bits per heavy atom. The first-order chi connectivity index (χ1) is 10.1. The maximum atomic E-state index is 12.6. The predicted octanol–water partition coefficient (Wildman–Crippen LogP) is 3.37. The van der Waals surface area contributed by atoms with Crippen molar-refractivity contribution in [2.24, 2.45) is 0 Å². The number of nitrogens with zero attached hydrogens (tertiary/aromatic N) is 1. The van der Waals surface area contributed by atoms with Gasteiger partial charge >= 0.3 is 0 Å². The molecule has 0 aliphatic carbocycles. The highest BCUT2D eigenvalue weighted by Crippen LogP contribution is 2.23. The number of hydrogen-bond donors (Lipinski definition) is 0. The number of aryl methyl sites for hydroxylation is 1. The van der Waals surface area contributed by atoms with Crippen molar-refractivity contribution in [1.29, 1.82) is 0 Å². The highest BCUT2D eigenvalue weighted by atomic mass is 79.9. The molecule has 1 fully saturated rings. The van der Waals surface area contributed by atoms with Crippen molar-refractivity contribution in [2.45, 2.75) is 26.1 Å². The molecule has 1 aliphatic heterocycles. The molecule has 0 saturated carbocycles. The lowest BCUT2D eigenvalue weighted by molar-refractivity contribution is -0.0565. The molecule has 1 amide bonds. The number of benzene rings is 1. The van der Waals surface area contributed by atoms with E-state index >= 15 is 0 Å². The van der Waals surface area contributed by atoms with E-state index in [9.17, 15) is 4.79 Å². The first-order valence-corrected chi connectivity index (χ1v) is 8.20. The van der Waals surface area contributed by atoms with Crippen molar-refractivity contribution in [3.63, 3.8) is 0 Å². The summed E-state index contributed by atoms with van der Waals surface area (Å²) >= 11 is 3.42. The Hall–Kier alpha value is -1.33. The molecule has 4 nitrogen and oxygen atoms in total. The number of halogens is 1. The van der Waals surface area contributed by atoms with Gasteiger partial charge < -0.3 is 14.1 Å². The van der Waals surface area contributed by atoms with E-state index in [2.05, 4.69) is 15.9 Å². The molecule has 2 unspecified atom stereocenters. The Kier molecular flexibility index (Phi) is 4.04. The first-order valence-electron chi connectivity index (χ1n) is 7.07. The van der Waals surface area contributed by atoms with Crippen LogP contribution in [0.2, 0.25) is 0 Å². The monoisotopic (exact) mass is 351 g/mol. The Morgan fingerprint density at radius 3 is 2.95 bits per heavy atom. The molecule has 1 aromatic heterocycles. The van der Waals surface area contributed by atoms with E-state index in [0.29, 0.717) is 18.8 Å². The summed E-state index contributed by atoms with van der Waals surface area (Å²) in [6.45, 7) is 5.19. The van der Waals surface area contributed by atoms with E-state index in [1.807, 2.05) is 43.0 Å². The molecular formula is C16H18BrNO3. The maximum Gasteiger partial charge on any atom is 0.289 e. The smallest absolute Gasteiger partial charge is 0.289 e. The molecule has 1 aromatic carbocycles. The second kappa shape index (κ2) is 5.81. The maximum absolute atomic E-state index is 12.6. The molecule has 21 heavy (non-hydrogen) atoms. The van der Waals surface area contributed by atoms with Crippen LogP contribution in [-0.4, -0.2) is 41.4 Å². The van der Waals surface area contributed by atoms with Crippen LogP contribution in [0, 0.1) is 6.92 Å².